The van der Waals surface area contributed by atoms with Gasteiger partial charge in [0, 0.05) is 55.1 Å². The first-order valence-electron chi connectivity index (χ1n) is 13.0. The van der Waals surface area contributed by atoms with Crippen molar-refractivity contribution < 1.29 is 19.7 Å². The monoisotopic (exact) mass is 526 g/mol. The first kappa shape index (κ1) is 26.0. The maximum atomic E-state index is 12.8. The Labute approximate surface area is 226 Å². The Morgan fingerprint density at radius 2 is 1.95 bits per heavy atom. The van der Waals surface area contributed by atoms with Crippen molar-refractivity contribution in [1.82, 2.24) is 19.5 Å². The lowest BCUT2D eigenvalue weighted by Gasteiger charge is -2.35. The quantitative estimate of drug-likeness (QED) is 0.359. The summed E-state index contributed by atoms with van der Waals surface area (Å²) < 4.78 is 7.41. The standard InChI is InChI=1S/C29H30N6O4/c1-2-23(36)19-39-24-15-25(26-14-22(16-30)32-35(26)18-24)21-7-8-28(31-17-21)33-9-11-34(12-10-33)29(38)13-20-5-3-4-6-27(20)37/h3-8,14-15,17-18,23,36-37H,2,9-13,19H2,1H3/t23-/m0/s1. The number of carbonyl (C=O) groups excluding carboxylic acids is 1. The summed E-state index contributed by atoms with van der Waals surface area (Å²) >= 11 is 0. The first-order chi connectivity index (χ1) is 18.9. The zero-order chi connectivity index (χ0) is 27.4. The lowest BCUT2D eigenvalue weighted by atomic mass is 10.1. The fourth-order valence-corrected chi connectivity index (χ4v) is 4.60. The van der Waals surface area contributed by atoms with E-state index in [1.54, 1.807) is 41.2 Å². The number of hydrogen-bond acceptors (Lipinski definition) is 8. The molecular formula is C29H30N6O4. The SMILES string of the molecule is CC[C@H](O)COc1cc(-c2ccc(N3CCN(C(=O)Cc4ccccc4O)CC3)nc2)c2cc(C#N)nn2c1. The van der Waals surface area contributed by atoms with Crippen LogP contribution in [0.1, 0.15) is 24.6 Å². The second-order valence-electron chi connectivity index (χ2n) is 9.51. The molecule has 1 aliphatic rings. The summed E-state index contributed by atoms with van der Waals surface area (Å²) in [6.07, 6.45) is 3.67. The number of hydrogen-bond donors (Lipinski definition) is 2. The second-order valence-corrected chi connectivity index (χ2v) is 9.51. The number of piperazine rings is 1. The molecule has 10 heteroatoms. The van der Waals surface area contributed by atoms with E-state index < -0.39 is 6.10 Å². The van der Waals surface area contributed by atoms with Gasteiger partial charge in [0.1, 0.15) is 30.0 Å². The Hall–Kier alpha value is -4.62. The van der Waals surface area contributed by atoms with Crippen LogP contribution < -0.4 is 9.64 Å². The molecule has 1 atom stereocenters. The lowest BCUT2D eigenvalue weighted by molar-refractivity contribution is -0.130. The summed E-state index contributed by atoms with van der Waals surface area (Å²) in [5.74, 6) is 1.48. The van der Waals surface area contributed by atoms with E-state index in [1.165, 1.54) is 0 Å². The van der Waals surface area contributed by atoms with Crippen LogP contribution >= 0.6 is 0 Å². The Kier molecular flexibility index (Phi) is 7.61. The van der Waals surface area contributed by atoms with Crippen molar-refractivity contribution in [3.05, 3.63) is 72.2 Å². The summed E-state index contributed by atoms with van der Waals surface area (Å²) in [4.78, 5) is 21.4. The number of nitrogens with zero attached hydrogens (tertiary/aromatic N) is 6. The van der Waals surface area contributed by atoms with Crippen molar-refractivity contribution in [3.8, 4) is 28.7 Å². The van der Waals surface area contributed by atoms with Gasteiger partial charge in [0.25, 0.3) is 0 Å². The van der Waals surface area contributed by atoms with Gasteiger partial charge in [0.2, 0.25) is 5.91 Å². The zero-order valence-corrected chi connectivity index (χ0v) is 21.7. The molecule has 3 aromatic heterocycles. The Balaban J connectivity index is 1.29. The van der Waals surface area contributed by atoms with E-state index in [4.69, 9.17) is 9.72 Å². The highest BCUT2D eigenvalue weighted by Crippen LogP contribution is 2.30. The Morgan fingerprint density at radius 1 is 1.15 bits per heavy atom. The number of aromatic hydroxyl groups is 1. The van der Waals surface area contributed by atoms with Crippen LogP contribution in [-0.2, 0) is 11.2 Å². The highest BCUT2D eigenvalue weighted by molar-refractivity contribution is 5.82. The summed E-state index contributed by atoms with van der Waals surface area (Å²) in [6, 6.07) is 16.5. The average molecular weight is 527 g/mol. The topological polar surface area (TPSA) is 127 Å². The maximum absolute atomic E-state index is 12.8. The first-order valence-corrected chi connectivity index (χ1v) is 13.0. The van der Waals surface area contributed by atoms with E-state index in [9.17, 15) is 20.3 Å². The molecular weight excluding hydrogens is 496 g/mol. The minimum atomic E-state index is -0.571. The van der Waals surface area contributed by atoms with Gasteiger partial charge in [-0.15, -0.1) is 0 Å². The fourth-order valence-electron chi connectivity index (χ4n) is 4.60. The summed E-state index contributed by atoms with van der Waals surface area (Å²) in [6.45, 7) is 4.50. The molecule has 4 aromatic rings. The minimum Gasteiger partial charge on any atom is -0.508 e. The molecule has 0 radical (unpaired) electrons. The van der Waals surface area contributed by atoms with E-state index in [0.717, 1.165) is 22.5 Å². The largest absolute Gasteiger partial charge is 0.508 e. The van der Waals surface area contributed by atoms with Crippen molar-refractivity contribution in [2.24, 2.45) is 0 Å². The lowest BCUT2D eigenvalue weighted by Crippen LogP contribution is -2.49. The van der Waals surface area contributed by atoms with Crippen LogP contribution in [0.15, 0.2) is 60.9 Å². The van der Waals surface area contributed by atoms with Gasteiger partial charge >= 0.3 is 0 Å². The molecule has 10 nitrogen and oxygen atoms in total. The molecule has 1 aliphatic heterocycles. The van der Waals surface area contributed by atoms with E-state index >= 15 is 0 Å². The number of ether oxygens (including phenoxy) is 1. The molecule has 1 amide bonds. The summed E-state index contributed by atoms with van der Waals surface area (Å²) in [5, 5.41) is 33.5. The normalized spacial score (nSPS) is 14.3. The third-order valence-corrected chi connectivity index (χ3v) is 6.92. The second kappa shape index (κ2) is 11.4. The third kappa shape index (κ3) is 5.78. The Morgan fingerprint density at radius 3 is 2.64 bits per heavy atom. The fraction of sp³-hybridized carbons (Fsp3) is 0.310. The van der Waals surface area contributed by atoms with Crippen LogP contribution in [0.3, 0.4) is 0 Å². The van der Waals surface area contributed by atoms with Crippen molar-refractivity contribution >= 4 is 17.2 Å². The molecule has 5 rings (SSSR count). The molecule has 4 heterocycles. The van der Waals surface area contributed by atoms with Crippen molar-refractivity contribution in [2.45, 2.75) is 25.9 Å². The number of para-hydroxylation sites is 1. The number of nitriles is 1. The third-order valence-electron chi connectivity index (χ3n) is 6.92. The number of benzene rings is 1. The van der Waals surface area contributed by atoms with Gasteiger partial charge in [0.05, 0.1) is 24.2 Å². The zero-order valence-electron chi connectivity index (χ0n) is 21.7. The van der Waals surface area contributed by atoms with Crippen LogP contribution in [0.4, 0.5) is 5.82 Å². The highest BCUT2D eigenvalue weighted by Gasteiger charge is 2.23. The van der Waals surface area contributed by atoms with E-state index in [1.807, 2.05) is 36.1 Å². The number of pyridine rings is 2. The van der Waals surface area contributed by atoms with Gasteiger partial charge < -0.3 is 24.7 Å². The number of amides is 1. The van der Waals surface area contributed by atoms with Crippen LogP contribution in [0.25, 0.3) is 16.6 Å². The summed E-state index contributed by atoms with van der Waals surface area (Å²) in [5.41, 5.74) is 3.33. The van der Waals surface area contributed by atoms with Crippen molar-refractivity contribution in [2.75, 3.05) is 37.7 Å². The highest BCUT2D eigenvalue weighted by atomic mass is 16.5. The van der Waals surface area contributed by atoms with Crippen molar-refractivity contribution in [1.29, 1.82) is 5.26 Å². The van der Waals surface area contributed by atoms with Crippen LogP contribution in [0.2, 0.25) is 0 Å². The number of aliphatic hydroxyl groups excluding tert-OH is 1. The molecule has 1 fully saturated rings. The maximum Gasteiger partial charge on any atom is 0.227 e. The van der Waals surface area contributed by atoms with Crippen LogP contribution in [0, 0.1) is 11.3 Å². The van der Waals surface area contributed by atoms with Gasteiger partial charge in [-0.1, -0.05) is 25.1 Å². The average Bonchev–Trinajstić information content (AvgIpc) is 3.40. The predicted molar refractivity (Wildman–Crippen MR) is 146 cm³/mol. The molecule has 0 bridgehead atoms. The van der Waals surface area contributed by atoms with Crippen molar-refractivity contribution in [3.63, 3.8) is 0 Å². The van der Waals surface area contributed by atoms with E-state index in [-0.39, 0.29) is 24.7 Å². The van der Waals surface area contributed by atoms with Crippen LogP contribution in [-0.4, -0.2) is 74.5 Å². The molecule has 200 valence electrons. The van der Waals surface area contributed by atoms with Gasteiger partial charge in [-0.25, -0.2) is 9.50 Å². The van der Waals surface area contributed by atoms with Crippen LogP contribution in [0.5, 0.6) is 11.5 Å². The molecule has 2 N–H and O–H groups in total. The number of aliphatic hydroxyl groups is 1. The smallest absolute Gasteiger partial charge is 0.227 e. The molecule has 39 heavy (non-hydrogen) atoms. The van der Waals surface area contributed by atoms with E-state index in [2.05, 4.69) is 16.1 Å². The number of phenolic OH excluding ortho intramolecular Hbond substituents is 1. The van der Waals surface area contributed by atoms with Gasteiger partial charge in [-0.05, 0) is 30.7 Å². The summed E-state index contributed by atoms with van der Waals surface area (Å²) in [7, 11) is 0. The van der Waals surface area contributed by atoms with Gasteiger partial charge in [-0.2, -0.15) is 10.4 Å². The molecule has 0 unspecified atom stereocenters. The number of phenols is 1. The van der Waals surface area contributed by atoms with Gasteiger partial charge in [-0.3, -0.25) is 4.79 Å². The molecule has 1 saturated heterocycles. The molecule has 0 aliphatic carbocycles. The number of fused-ring (bicyclic) bond motifs is 1. The minimum absolute atomic E-state index is 0.00502. The predicted octanol–water partition coefficient (Wildman–Crippen LogP) is 3.01. The van der Waals surface area contributed by atoms with Gasteiger partial charge in [0.15, 0.2) is 5.69 Å². The molecule has 1 aromatic carbocycles. The number of carbonyl (C=O) groups is 1. The number of anilines is 1. The van der Waals surface area contributed by atoms with E-state index in [0.29, 0.717) is 49.6 Å². The molecule has 0 saturated carbocycles. The number of aromatic nitrogens is 3. The molecule has 0 spiro atoms. The number of rotatable bonds is 8. The Bertz CT molecular complexity index is 1500.